The average molecular weight is 614 g/mol. The maximum absolute atomic E-state index is 5.21. The van der Waals surface area contributed by atoms with Gasteiger partial charge in [-0.1, -0.05) is 121 Å². The van der Waals surface area contributed by atoms with Crippen LogP contribution in [0, 0.1) is 6.92 Å². The number of hydrogen-bond acceptors (Lipinski definition) is 3. The number of aliphatic imine (C=N–C) groups is 1. The molecule has 0 bridgehead atoms. The lowest BCUT2D eigenvalue weighted by Gasteiger charge is -2.16. The van der Waals surface area contributed by atoms with Crippen LogP contribution in [0.4, 0.5) is 5.69 Å². The average Bonchev–Trinajstić information content (AvgIpc) is 3.15. The Bertz CT molecular complexity index is 2720. The van der Waals surface area contributed by atoms with Crippen molar-refractivity contribution in [3.63, 3.8) is 0 Å². The monoisotopic (exact) mass is 613 g/mol. The minimum atomic E-state index is 0.928. The zero-order chi connectivity index (χ0) is 32.2. The third-order valence-corrected chi connectivity index (χ3v) is 9.65. The first-order valence-corrected chi connectivity index (χ1v) is 16.4. The zero-order valence-corrected chi connectivity index (χ0v) is 26.8. The van der Waals surface area contributed by atoms with E-state index in [1.165, 1.54) is 60.0 Å². The zero-order valence-electron chi connectivity index (χ0n) is 26.8. The van der Waals surface area contributed by atoms with E-state index in [0.29, 0.717) is 0 Å². The van der Waals surface area contributed by atoms with E-state index in [-0.39, 0.29) is 0 Å². The molecule has 0 radical (unpaired) electrons. The van der Waals surface area contributed by atoms with E-state index in [2.05, 4.69) is 145 Å². The second-order valence-corrected chi connectivity index (χ2v) is 12.3. The molecule has 0 spiro atoms. The molecule has 9 rings (SSSR count). The topological polar surface area (TPSA) is 38.1 Å². The van der Waals surface area contributed by atoms with Gasteiger partial charge in [0, 0.05) is 39.5 Å². The smallest absolute Gasteiger partial charge is 0.0961 e. The summed E-state index contributed by atoms with van der Waals surface area (Å²) >= 11 is 0. The summed E-state index contributed by atoms with van der Waals surface area (Å²) in [7, 11) is 0. The van der Waals surface area contributed by atoms with Crippen LogP contribution < -0.4 is 0 Å². The minimum Gasteiger partial charge on any atom is -0.259 e. The molecule has 0 aliphatic carbocycles. The van der Waals surface area contributed by atoms with Crippen molar-refractivity contribution in [2.75, 3.05) is 0 Å². The van der Waals surface area contributed by atoms with E-state index >= 15 is 0 Å². The molecule has 0 N–H and O–H groups in total. The van der Waals surface area contributed by atoms with Crippen LogP contribution in [0.1, 0.15) is 12.5 Å². The van der Waals surface area contributed by atoms with Gasteiger partial charge in [-0.15, -0.1) is 0 Å². The lowest BCUT2D eigenvalue weighted by molar-refractivity contribution is 1.36. The van der Waals surface area contributed by atoms with Gasteiger partial charge in [-0.25, -0.2) is 4.98 Å². The number of aromatic nitrogens is 2. The molecule has 0 amide bonds. The third-order valence-electron chi connectivity index (χ3n) is 9.65. The summed E-state index contributed by atoms with van der Waals surface area (Å²) in [5.41, 5.74) is 10.9. The molecule has 0 aliphatic rings. The summed E-state index contributed by atoms with van der Waals surface area (Å²) < 4.78 is 0. The third kappa shape index (κ3) is 4.39. The molecule has 7 aromatic carbocycles. The standard InChI is InChI=1S/C45H31N3/c1-3-46-43-28(2)40(27-32-12-10-26-47-45(32)43)37-25-24-33(35-14-6-7-15-36(35)37)30-18-20-31(21-19-30)44-39-23-22-29-11-4-5-13-34(29)42(39)38-16-8-9-17-41(38)48-44/h3-27H,1-2H3/b46-3-. The van der Waals surface area contributed by atoms with Crippen LogP contribution in [0.2, 0.25) is 0 Å². The van der Waals surface area contributed by atoms with Gasteiger partial charge < -0.3 is 0 Å². The Morgan fingerprint density at radius 2 is 1.21 bits per heavy atom. The molecule has 3 heteroatoms. The Morgan fingerprint density at radius 1 is 0.542 bits per heavy atom. The summed E-state index contributed by atoms with van der Waals surface area (Å²) in [5.74, 6) is 0. The van der Waals surface area contributed by atoms with Gasteiger partial charge in [0.15, 0.2) is 0 Å². The molecule has 0 fully saturated rings. The van der Waals surface area contributed by atoms with Crippen LogP contribution in [0.15, 0.2) is 151 Å². The Balaban J connectivity index is 1.19. The number of pyridine rings is 2. The Hall–Kier alpha value is -6.19. The molecule has 0 aliphatic heterocycles. The lowest BCUT2D eigenvalue weighted by atomic mass is 9.89. The first-order chi connectivity index (χ1) is 23.7. The van der Waals surface area contributed by atoms with Crippen molar-refractivity contribution in [3.8, 4) is 33.5 Å². The highest BCUT2D eigenvalue weighted by atomic mass is 14.8. The van der Waals surface area contributed by atoms with Crippen molar-refractivity contribution in [2.45, 2.75) is 13.8 Å². The molecule has 3 nitrogen and oxygen atoms in total. The molecular formula is C45H31N3. The molecular weight excluding hydrogens is 583 g/mol. The number of hydrogen-bond donors (Lipinski definition) is 0. The Kier molecular flexibility index (Phi) is 6.58. The maximum Gasteiger partial charge on any atom is 0.0961 e. The fraction of sp³-hybridized carbons (Fsp3) is 0.0444. The molecule has 9 aromatic rings. The molecule has 0 unspecified atom stereocenters. The van der Waals surface area contributed by atoms with Crippen LogP contribution in [0.25, 0.3) is 87.6 Å². The SMILES string of the molecule is C/C=N\c1c(C)c(-c2ccc(-c3ccc(-c4nc5ccccc5c5c4ccc4ccccc45)cc3)c3ccccc23)cc2cccnc12. The van der Waals surface area contributed by atoms with E-state index in [0.717, 1.165) is 38.9 Å². The second-order valence-electron chi connectivity index (χ2n) is 12.3. The van der Waals surface area contributed by atoms with Gasteiger partial charge in [-0.2, -0.15) is 0 Å². The van der Waals surface area contributed by atoms with Crippen LogP contribution in [-0.2, 0) is 0 Å². The minimum absolute atomic E-state index is 0.928. The van der Waals surface area contributed by atoms with Gasteiger partial charge in [-0.3, -0.25) is 9.98 Å². The first kappa shape index (κ1) is 28.1. The largest absolute Gasteiger partial charge is 0.259 e. The fourth-order valence-corrected chi connectivity index (χ4v) is 7.40. The quantitative estimate of drug-likeness (QED) is 0.146. The molecule has 2 heterocycles. The Morgan fingerprint density at radius 3 is 2.02 bits per heavy atom. The number of nitrogens with zero attached hydrogens (tertiary/aromatic N) is 3. The van der Waals surface area contributed by atoms with Crippen LogP contribution >= 0.6 is 0 Å². The summed E-state index contributed by atoms with van der Waals surface area (Å²) in [5, 5.41) is 9.62. The molecule has 2 aromatic heterocycles. The van der Waals surface area contributed by atoms with Gasteiger partial charge >= 0.3 is 0 Å². The normalized spacial score (nSPS) is 11.9. The molecule has 48 heavy (non-hydrogen) atoms. The number of rotatable bonds is 4. The van der Waals surface area contributed by atoms with Gasteiger partial charge in [0.2, 0.25) is 0 Å². The molecule has 0 saturated carbocycles. The number of para-hydroxylation sites is 1. The van der Waals surface area contributed by atoms with Gasteiger partial charge in [-0.05, 0) is 81.4 Å². The Labute approximate surface area is 278 Å². The fourth-order valence-electron chi connectivity index (χ4n) is 7.40. The highest BCUT2D eigenvalue weighted by Gasteiger charge is 2.17. The highest BCUT2D eigenvalue weighted by Crippen LogP contribution is 2.42. The second kappa shape index (κ2) is 11.3. The van der Waals surface area contributed by atoms with Gasteiger partial charge in [0.1, 0.15) is 0 Å². The predicted molar refractivity (Wildman–Crippen MR) is 204 cm³/mol. The summed E-state index contributed by atoms with van der Waals surface area (Å²) in [4.78, 5) is 14.6. The first-order valence-electron chi connectivity index (χ1n) is 16.4. The summed E-state index contributed by atoms with van der Waals surface area (Å²) in [6.45, 7) is 4.11. The van der Waals surface area contributed by atoms with Crippen molar-refractivity contribution in [1.29, 1.82) is 0 Å². The van der Waals surface area contributed by atoms with Crippen LogP contribution in [-0.4, -0.2) is 16.2 Å². The van der Waals surface area contributed by atoms with E-state index in [4.69, 9.17) is 9.98 Å². The van der Waals surface area contributed by atoms with Crippen molar-refractivity contribution in [1.82, 2.24) is 9.97 Å². The van der Waals surface area contributed by atoms with Gasteiger partial charge in [0.25, 0.3) is 0 Å². The maximum atomic E-state index is 5.21. The van der Waals surface area contributed by atoms with Crippen molar-refractivity contribution in [2.24, 2.45) is 4.99 Å². The van der Waals surface area contributed by atoms with E-state index in [9.17, 15) is 0 Å². The lowest BCUT2D eigenvalue weighted by Crippen LogP contribution is -1.92. The van der Waals surface area contributed by atoms with E-state index in [1.54, 1.807) is 0 Å². The molecule has 226 valence electrons. The van der Waals surface area contributed by atoms with Crippen LogP contribution in [0.5, 0.6) is 0 Å². The van der Waals surface area contributed by atoms with Gasteiger partial charge in [0.05, 0.1) is 22.4 Å². The number of benzene rings is 7. The number of fused-ring (bicyclic) bond motifs is 7. The van der Waals surface area contributed by atoms with Crippen molar-refractivity contribution >= 4 is 66.0 Å². The van der Waals surface area contributed by atoms with E-state index in [1.807, 2.05) is 25.4 Å². The van der Waals surface area contributed by atoms with Crippen molar-refractivity contribution < 1.29 is 0 Å². The highest BCUT2D eigenvalue weighted by molar-refractivity contribution is 6.22. The predicted octanol–water partition coefficient (Wildman–Crippen LogP) is 12.3. The van der Waals surface area contributed by atoms with E-state index < -0.39 is 0 Å². The summed E-state index contributed by atoms with van der Waals surface area (Å²) in [6.07, 6.45) is 3.69. The van der Waals surface area contributed by atoms with Crippen molar-refractivity contribution in [3.05, 3.63) is 151 Å². The van der Waals surface area contributed by atoms with Crippen LogP contribution in [0.3, 0.4) is 0 Å². The molecule has 0 atom stereocenters. The molecule has 0 saturated heterocycles. The summed E-state index contributed by atoms with van der Waals surface area (Å²) in [6, 6.07) is 50.1.